The normalized spacial score (nSPS) is 15.1. The van der Waals surface area contributed by atoms with Gasteiger partial charge in [-0.15, -0.1) is 0 Å². The first-order valence-electron chi connectivity index (χ1n) is 9.70. The molecule has 1 aromatic heterocycles. The Morgan fingerprint density at radius 1 is 1.03 bits per heavy atom. The fourth-order valence-electron chi connectivity index (χ4n) is 3.07. The highest BCUT2D eigenvalue weighted by Gasteiger charge is 2.37. The summed E-state index contributed by atoms with van der Waals surface area (Å²) in [5.74, 6) is -2.97. The molecule has 1 fully saturated rings. The van der Waals surface area contributed by atoms with Gasteiger partial charge in [0.1, 0.15) is 17.1 Å². The molecule has 9 heteroatoms. The van der Waals surface area contributed by atoms with Crippen molar-refractivity contribution in [1.82, 2.24) is 14.9 Å². The molecule has 2 aromatic rings. The Hall–Kier alpha value is -2.97. The van der Waals surface area contributed by atoms with Gasteiger partial charge in [-0.05, 0) is 20.8 Å². The maximum atomic E-state index is 15.0. The number of anilines is 1. The molecule has 0 bridgehead atoms. The van der Waals surface area contributed by atoms with E-state index in [9.17, 15) is 4.79 Å². The van der Waals surface area contributed by atoms with E-state index in [2.05, 4.69) is 9.97 Å². The molecule has 3 rings (SSSR count). The highest BCUT2D eigenvalue weighted by molar-refractivity contribution is 5.68. The fourth-order valence-corrected chi connectivity index (χ4v) is 3.07. The molecule has 0 spiro atoms. The van der Waals surface area contributed by atoms with E-state index >= 15 is 8.78 Å². The maximum absolute atomic E-state index is 15.0. The standard InChI is InChI=1S/C21H26F2N4O3/c1-20(2,3)30-19(28)27-12-10-26(11-13-27)17-14-16(24-18(25-17)29-4)21(22,23)15-8-6-5-7-9-15/h5-9,14H,10-13H2,1-4H3. The number of amides is 1. The van der Waals surface area contributed by atoms with Crippen LogP contribution in [0.25, 0.3) is 0 Å². The summed E-state index contributed by atoms with van der Waals surface area (Å²) in [6, 6.07) is 8.64. The zero-order chi connectivity index (χ0) is 21.9. The van der Waals surface area contributed by atoms with Crippen LogP contribution in [-0.2, 0) is 10.7 Å². The van der Waals surface area contributed by atoms with Crippen molar-refractivity contribution in [2.24, 2.45) is 0 Å². The molecule has 1 aliphatic heterocycles. The van der Waals surface area contributed by atoms with Gasteiger partial charge >= 0.3 is 18.0 Å². The minimum absolute atomic E-state index is 0.132. The molecule has 2 heterocycles. The lowest BCUT2D eigenvalue weighted by Crippen LogP contribution is -2.50. The molecule has 1 saturated heterocycles. The molecule has 0 aliphatic carbocycles. The Balaban J connectivity index is 1.79. The summed E-state index contributed by atoms with van der Waals surface area (Å²) in [6.07, 6.45) is -0.390. The van der Waals surface area contributed by atoms with E-state index in [1.54, 1.807) is 23.1 Å². The van der Waals surface area contributed by atoms with Crippen molar-refractivity contribution in [1.29, 1.82) is 0 Å². The van der Waals surface area contributed by atoms with E-state index in [0.717, 1.165) is 0 Å². The van der Waals surface area contributed by atoms with Crippen LogP contribution in [0.15, 0.2) is 36.4 Å². The maximum Gasteiger partial charge on any atom is 0.410 e. The molecule has 30 heavy (non-hydrogen) atoms. The summed E-state index contributed by atoms with van der Waals surface area (Å²) in [7, 11) is 1.34. The minimum Gasteiger partial charge on any atom is -0.467 e. The first kappa shape index (κ1) is 21.7. The minimum atomic E-state index is -3.30. The lowest BCUT2D eigenvalue weighted by Gasteiger charge is -2.36. The predicted octanol–water partition coefficient (Wildman–Crippen LogP) is 3.68. The number of nitrogens with zero attached hydrogens (tertiary/aromatic N) is 4. The summed E-state index contributed by atoms with van der Waals surface area (Å²) in [6.45, 7) is 7.07. The van der Waals surface area contributed by atoms with Crippen molar-refractivity contribution in [2.45, 2.75) is 32.3 Å². The van der Waals surface area contributed by atoms with Crippen LogP contribution in [-0.4, -0.2) is 59.9 Å². The number of piperazine rings is 1. The van der Waals surface area contributed by atoms with Gasteiger partial charge in [0.05, 0.1) is 7.11 Å². The zero-order valence-electron chi connectivity index (χ0n) is 17.6. The van der Waals surface area contributed by atoms with Crippen LogP contribution < -0.4 is 9.64 Å². The average Bonchev–Trinajstić information content (AvgIpc) is 2.73. The summed E-state index contributed by atoms with van der Waals surface area (Å²) < 4.78 is 40.5. The van der Waals surface area contributed by atoms with Gasteiger partial charge in [-0.1, -0.05) is 30.3 Å². The SMILES string of the molecule is COc1nc(N2CCN(C(=O)OC(C)(C)C)CC2)cc(C(F)(F)c2ccccc2)n1. The molecule has 0 radical (unpaired) electrons. The number of carbonyl (C=O) groups is 1. The summed E-state index contributed by atoms with van der Waals surface area (Å²) >= 11 is 0. The number of ether oxygens (including phenoxy) is 2. The smallest absolute Gasteiger partial charge is 0.410 e. The lowest BCUT2D eigenvalue weighted by atomic mass is 10.1. The second kappa shape index (κ2) is 8.41. The monoisotopic (exact) mass is 420 g/mol. The van der Waals surface area contributed by atoms with Gasteiger partial charge < -0.3 is 19.3 Å². The molecular weight excluding hydrogens is 394 g/mol. The first-order chi connectivity index (χ1) is 14.1. The molecule has 7 nitrogen and oxygen atoms in total. The summed E-state index contributed by atoms with van der Waals surface area (Å²) in [4.78, 5) is 23.8. The van der Waals surface area contributed by atoms with Crippen molar-refractivity contribution >= 4 is 11.9 Å². The predicted molar refractivity (Wildman–Crippen MR) is 108 cm³/mol. The van der Waals surface area contributed by atoms with E-state index in [1.807, 2.05) is 25.7 Å². The van der Waals surface area contributed by atoms with Crippen LogP contribution >= 0.6 is 0 Å². The van der Waals surface area contributed by atoms with E-state index < -0.39 is 23.3 Å². The van der Waals surface area contributed by atoms with Crippen LogP contribution in [0.5, 0.6) is 6.01 Å². The number of alkyl halides is 2. The molecule has 0 saturated carbocycles. The number of benzene rings is 1. The van der Waals surface area contributed by atoms with Gasteiger partial charge in [-0.3, -0.25) is 0 Å². The summed E-state index contributed by atoms with van der Waals surface area (Å²) in [5, 5.41) is 0. The first-order valence-corrected chi connectivity index (χ1v) is 9.70. The number of hydrogen-bond acceptors (Lipinski definition) is 6. The Bertz CT molecular complexity index is 880. The highest BCUT2D eigenvalue weighted by atomic mass is 19.3. The third kappa shape index (κ3) is 4.95. The lowest BCUT2D eigenvalue weighted by molar-refractivity contribution is 0.0240. The van der Waals surface area contributed by atoms with Crippen LogP contribution in [0.3, 0.4) is 0 Å². The fraction of sp³-hybridized carbons (Fsp3) is 0.476. The molecule has 0 atom stereocenters. The molecule has 1 aliphatic rings. The molecule has 1 amide bonds. The number of carbonyl (C=O) groups excluding carboxylic acids is 1. The van der Waals surface area contributed by atoms with Crippen LogP contribution in [0.4, 0.5) is 19.4 Å². The van der Waals surface area contributed by atoms with Crippen molar-refractivity contribution in [2.75, 3.05) is 38.2 Å². The van der Waals surface area contributed by atoms with Crippen molar-refractivity contribution in [3.05, 3.63) is 47.7 Å². The van der Waals surface area contributed by atoms with E-state index in [1.165, 1.54) is 25.3 Å². The Kier molecular flexibility index (Phi) is 6.09. The van der Waals surface area contributed by atoms with E-state index in [0.29, 0.717) is 32.0 Å². The van der Waals surface area contributed by atoms with Gasteiger partial charge in [0.2, 0.25) is 0 Å². The van der Waals surface area contributed by atoms with Crippen LogP contribution in [0, 0.1) is 0 Å². The molecule has 0 N–H and O–H groups in total. The number of methoxy groups -OCH3 is 1. The van der Waals surface area contributed by atoms with Crippen molar-refractivity contribution in [3.63, 3.8) is 0 Å². The number of halogens is 2. The van der Waals surface area contributed by atoms with Crippen LogP contribution in [0.2, 0.25) is 0 Å². The second-order valence-electron chi connectivity index (χ2n) is 7.99. The molecular formula is C21H26F2N4O3. The number of rotatable bonds is 4. The van der Waals surface area contributed by atoms with Gasteiger partial charge in [0.25, 0.3) is 0 Å². The van der Waals surface area contributed by atoms with Crippen molar-refractivity contribution in [3.8, 4) is 6.01 Å². The highest BCUT2D eigenvalue weighted by Crippen LogP contribution is 2.36. The van der Waals surface area contributed by atoms with E-state index in [4.69, 9.17) is 9.47 Å². The number of hydrogen-bond donors (Lipinski definition) is 0. The quantitative estimate of drug-likeness (QED) is 0.752. The van der Waals surface area contributed by atoms with E-state index in [-0.39, 0.29) is 11.6 Å². The topological polar surface area (TPSA) is 67.8 Å². The molecule has 162 valence electrons. The Morgan fingerprint density at radius 2 is 1.67 bits per heavy atom. The Labute approximate surface area is 174 Å². The third-order valence-corrected chi connectivity index (χ3v) is 4.59. The Morgan fingerprint density at radius 3 is 2.23 bits per heavy atom. The van der Waals surface area contributed by atoms with Gasteiger partial charge in [-0.2, -0.15) is 18.7 Å². The van der Waals surface area contributed by atoms with Gasteiger partial charge in [0, 0.05) is 37.8 Å². The second-order valence-corrected chi connectivity index (χ2v) is 7.99. The third-order valence-electron chi connectivity index (χ3n) is 4.59. The zero-order valence-corrected chi connectivity index (χ0v) is 17.6. The average molecular weight is 420 g/mol. The number of aromatic nitrogens is 2. The van der Waals surface area contributed by atoms with Gasteiger partial charge in [-0.25, -0.2) is 4.79 Å². The van der Waals surface area contributed by atoms with Crippen molar-refractivity contribution < 1.29 is 23.0 Å². The van der Waals surface area contributed by atoms with Crippen LogP contribution in [0.1, 0.15) is 32.0 Å². The van der Waals surface area contributed by atoms with Gasteiger partial charge in [0.15, 0.2) is 0 Å². The summed E-state index contributed by atoms with van der Waals surface area (Å²) in [5.41, 5.74) is -1.18. The molecule has 1 aromatic carbocycles. The molecule has 0 unspecified atom stereocenters. The largest absolute Gasteiger partial charge is 0.467 e.